The van der Waals surface area contributed by atoms with Gasteiger partial charge in [0, 0.05) is 6.42 Å². The Hall–Kier alpha value is -0.370. The predicted molar refractivity (Wildman–Crippen MR) is 54.8 cm³/mol. The minimum Gasteiger partial charge on any atom is -0.298 e. The molecule has 1 unspecified atom stereocenters. The van der Waals surface area contributed by atoms with Gasteiger partial charge in [0.2, 0.25) is 0 Å². The quantitative estimate of drug-likeness (QED) is 0.668. The van der Waals surface area contributed by atoms with Gasteiger partial charge in [-0.2, -0.15) is 0 Å². The van der Waals surface area contributed by atoms with Crippen LogP contribution in [0.1, 0.15) is 46.0 Å². The molecule has 76 valence electrons. The van der Waals surface area contributed by atoms with Crippen LogP contribution in [0.5, 0.6) is 0 Å². The van der Waals surface area contributed by atoms with Crippen LogP contribution in [-0.2, 0) is 4.79 Å². The summed E-state index contributed by atoms with van der Waals surface area (Å²) in [5.41, 5.74) is 0. The van der Waals surface area contributed by atoms with Crippen molar-refractivity contribution in [1.29, 1.82) is 0 Å². The highest BCUT2D eigenvalue weighted by molar-refractivity contribution is 5.83. The second kappa shape index (κ2) is 5.38. The lowest BCUT2D eigenvalue weighted by Gasteiger charge is -2.25. The van der Waals surface area contributed by atoms with Crippen LogP contribution in [0.3, 0.4) is 0 Å². The van der Waals surface area contributed by atoms with E-state index in [0.717, 1.165) is 13.1 Å². The van der Waals surface area contributed by atoms with Crippen molar-refractivity contribution in [1.82, 2.24) is 4.90 Å². The smallest absolute Gasteiger partial charge is 0.149 e. The van der Waals surface area contributed by atoms with Crippen molar-refractivity contribution < 1.29 is 4.79 Å². The van der Waals surface area contributed by atoms with Gasteiger partial charge in [0.15, 0.2) is 0 Å². The average Bonchev–Trinajstić information content (AvgIpc) is 2.43. The maximum atomic E-state index is 11.5. The first-order valence-electron chi connectivity index (χ1n) is 5.52. The number of carbonyl (C=O) groups excluding carboxylic acids is 1. The molecule has 2 heteroatoms. The number of Topliss-reactive ketones (excluding diaryl/α,β-unsaturated/α-hetero) is 1. The van der Waals surface area contributed by atoms with Crippen molar-refractivity contribution in [2.75, 3.05) is 13.1 Å². The third-order valence-electron chi connectivity index (χ3n) is 3.00. The molecule has 1 rings (SSSR count). The van der Waals surface area contributed by atoms with E-state index in [0.29, 0.717) is 12.2 Å². The molecule has 2 nitrogen and oxygen atoms in total. The highest BCUT2D eigenvalue weighted by Crippen LogP contribution is 2.13. The van der Waals surface area contributed by atoms with E-state index >= 15 is 0 Å². The van der Waals surface area contributed by atoms with E-state index in [-0.39, 0.29) is 6.04 Å². The van der Waals surface area contributed by atoms with Crippen LogP contribution in [-0.4, -0.2) is 29.8 Å². The molecule has 1 aliphatic heterocycles. The number of nitrogens with zero attached hydrogens (tertiary/aromatic N) is 1. The number of hydrogen-bond donors (Lipinski definition) is 0. The summed E-state index contributed by atoms with van der Waals surface area (Å²) in [6.07, 6.45) is 5.88. The fourth-order valence-electron chi connectivity index (χ4n) is 1.98. The van der Waals surface area contributed by atoms with E-state index in [9.17, 15) is 4.79 Å². The van der Waals surface area contributed by atoms with Gasteiger partial charge >= 0.3 is 0 Å². The molecule has 0 amide bonds. The molecule has 0 aromatic carbocycles. The monoisotopic (exact) mass is 183 g/mol. The molecule has 0 radical (unpaired) electrons. The van der Waals surface area contributed by atoms with E-state index < -0.39 is 0 Å². The number of hydrogen-bond acceptors (Lipinski definition) is 2. The lowest BCUT2D eigenvalue weighted by molar-refractivity contribution is -0.123. The van der Waals surface area contributed by atoms with E-state index in [1.807, 2.05) is 6.92 Å². The topological polar surface area (TPSA) is 20.3 Å². The van der Waals surface area contributed by atoms with E-state index in [2.05, 4.69) is 11.8 Å². The Balaban J connectivity index is 2.43. The molecule has 0 aromatic heterocycles. The molecule has 0 bridgehead atoms. The summed E-state index contributed by atoms with van der Waals surface area (Å²) in [6, 6.07) is 0.156. The Morgan fingerprint density at radius 3 is 2.23 bits per heavy atom. The van der Waals surface area contributed by atoms with Crippen LogP contribution in [0, 0.1) is 0 Å². The van der Waals surface area contributed by atoms with Gasteiger partial charge in [0.1, 0.15) is 5.78 Å². The molecular weight excluding hydrogens is 162 g/mol. The highest BCUT2D eigenvalue weighted by Gasteiger charge is 2.20. The molecule has 1 atom stereocenters. The summed E-state index contributed by atoms with van der Waals surface area (Å²) < 4.78 is 0. The lowest BCUT2D eigenvalue weighted by atomic mass is 10.1. The average molecular weight is 183 g/mol. The van der Waals surface area contributed by atoms with E-state index in [1.165, 1.54) is 25.7 Å². The molecule has 1 heterocycles. The summed E-state index contributed by atoms with van der Waals surface area (Å²) in [5.74, 6) is 0.391. The molecule has 1 aliphatic rings. The first kappa shape index (κ1) is 10.7. The largest absolute Gasteiger partial charge is 0.298 e. The Morgan fingerprint density at radius 2 is 1.77 bits per heavy atom. The van der Waals surface area contributed by atoms with Crippen molar-refractivity contribution >= 4 is 5.78 Å². The molecule has 0 spiro atoms. The van der Waals surface area contributed by atoms with Crippen LogP contribution >= 0.6 is 0 Å². The van der Waals surface area contributed by atoms with Gasteiger partial charge in [0.05, 0.1) is 6.04 Å². The lowest BCUT2D eigenvalue weighted by Crippen LogP contribution is -2.39. The van der Waals surface area contributed by atoms with E-state index in [1.54, 1.807) is 0 Å². The molecule has 0 aliphatic carbocycles. The summed E-state index contributed by atoms with van der Waals surface area (Å²) >= 11 is 0. The van der Waals surface area contributed by atoms with Gasteiger partial charge in [-0.25, -0.2) is 0 Å². The van der Waals surface area contributed by atoms with Crippen LogP contribution in [0.2, 0.25) is 0 Å². The maximum Gasteiger partial charge on any atom is 0.149 e. The molecule has 0 N–H and O–H groups in total. The van der Waals surface area contributed by atoms with E-state index in [4.69, 9.17) is 0 Å². The Bertz CT molecular complexity index is 159. The normalized spacial score (nSPS) is 22.3. The fraction of sp³-hybridized carbons (Fsp3) is 0.909. The third-order valence-corrected chi connectivity index (χ3v) is 3.00. The van der Waals surface area contributed by atoms with Crippen molar-refractivity contribution in [3.8, 4) is 0 Å². The molecule has 1 saturated heterocycles. The number of likely N-dealkylation sites (tertiary alicyclic amines) is 1. The van der Waals surface area contributed by atoms with Gasteiger partial charge in [0.25, 0.3) is 0 Å². The molecule has 0 saturated carbocycles. The minimum absolute atomic E-state index is 0.156. The van der Waals surface area contributed by atoms with Gasteiger partial charge in [-0.05, 0) is 32.9 Å². The summed E-state index contributed by atoms with van der Waals surface area (Å²) in [4.78, 5) is 13.8. The zero-order valence-electron chi connectivity index (χ0n) is 8.88. The number of ketones is 1. The maximum absolute atomic E-state index is 11.5. The minimum atomic E-state index is 0.156. The Morgan fingerprint density at radius 1 is 1.23 bits per heavy atom. The molecule has 1 fully saturated rings. The van der Waals surface area contributed by atoms with Crippen LogP contribution in [0.4, 0.5) is 0 Å². The van der Waals surface area contributed by atoms with Gasteiger partial charge in [-0.1, -0.05) is 19.8 Å². The molecule has 0 aromatic rings. The Kier molecular flexibility index (Phi) is 4.43. The second-order valence-corrected chi connectivity index (χ2v) is 3.95. The standard InChI is InChI=1S/C11H21NO/c1-3-11(13)10(2)12-8-6-4-5-7-9-12/h10H,3-9H2,1-2H3. The van der Waals surface area contributed by atoms with Gasteiger partial charge in [-0.3, -0.25) is 9.69 Å². The number of rotatable bonds is 3. The number of carbonyl (C=O) groups is 1. The van der Waals surface area contributed by atoms with Gasteiger partial charge < -0.3 is 0 Å². The fourth-order valence-corrected chi connectivity index (χ4v) is 1.98. The van der Waals surface area contributed by atoms with Crippen molar-refractivity contribution in [2.45, 2.75) is 52.0 Å². The first-order valence-corrected chi connectivity index (χ1v) is 5.52. The third kappa shape index (κ3) is 3.11. The summed E-state index contributed by atoms with van der Waals surface area (Å²) in [5, 5.41) is 0. The van der Waals surface area contributed by atoms with Crippen molar-refractivity contribution in [3.05, 3.63) is 0 Å². The summed E-state index contributed by atoms with van der Waals surface area (Å²) in [7, 11) is 0. The summed E-state index contributed by atoms with van der Waals surface area (Å²) in [6.45, 7) is 6.24. The van der Waals surface area contributed by atoms with Crippen LogP contribution < -0.4 is 0 Å². The molecule has 13 heavy (non-hydrogen) atoms. The van der Waals surface area contributed by atoms with Gasteiger partial charge in [-0.15, -0.1) is 0 Å². The highest BCUT2D eigenvalue weighted by atomic mass is 16.1. The first-order chi connectivity index (χ1) is 6.25. The van der Waals surface area contributed by atoms with Crippen molar-refractivity contribution in [2.24, 2.45) is 0 Å². The molecular formula is C11H21NO. The Labute approximate surface area is 81.3 Å². The van der Waals surface area contributed by atoms with Crippen LogP contribution in [0.25, 0.3) is 0 Å². The predicted octanol–water partition coefficient (Wildman–Crippen LogP) is 2.23. The van der Waals surface area contributed by atoms with Crippen LogP contribution in [0.15, 0.2) is 0 Å². The zero-order chi connectivity index (χ0) is 9.68. The SMILES string of the molecule is CCC(=O)C(C)N1CCCCCC1. The van der Waals surface area contributed by atoms with Crippen molar-refractivity contribution in [3.63, 3.8) is 0 Å². The zero-order valence-corrected chi connectivity index (χ0v) is 8.88. The second-order valence-electron chi connectivity index (χ2n) is 3.95.